The second-order valence-corrected chi connectivity index (χ2v) is 5.22. The minimum atomic E-state index is -0.434. The highest BCUT2D eigenvalue weighted by molar-refractivity contribution is 5.91. The van der Waals surface area contributed by atoms with Gasteiger partial charge >= 0.3 is 0 Å². The predicted octanol–water partition coefficient (Wildman–Crippen LogP) is 2.23. The molecule has 6 heteroatoms. The van der Waals surface area contributed by atoms with Crippen LogP contribution >= 0.6 is 0 Å². The number of hydrogen-bond donors (Lipinski definition) is 2. The molecule has 1 amide bonds. The number of rotatable bonds is 4. The van der Waals surface area contributed by atoms with Crippen LogP contribution in [0.4, 0.5) is 11.4 Å². The van der Waals surface area contributed by atoms with Gasteiger partial charge in [-0.25, -0.2) is 0 Å². The molecule has 1 atom stereocenters. The standard InChI is InChI=1S/C14H19N3O3/c1-10-4-5-12(8-13(10)17(19)20)16-14(18)7-11-3-2-6-15-9-11/h4-5,8,11,15H,2-3,6-7,9H2,1H3,(H,16,18). The van der Waals surface area contributed by atoms with Gasteiger partial charge in [-0.05, 0) is 44.8 Å². The van der Waals surface area contributed by atoms with Gasteiger partial charge in [-0.3, -0.25) is 14.9 Å². The third kappa shape index (κ3) is 3.77. The Kier molecular flexibility index (Phi) is 4.68. The molecule has 20 heavy (non-hydrogen) atoms. The molecule has 6 nitrogen and oxygen atoms in total. The molecule has 0 bridgehead atoms. The topological polar surface area (TPSA) is 84.3 Å². The molecule has 0 aromatic heterocycles. The Hall–Kier alpha value is -1.95. The molecule has 1 saturated heterocycles. The number of amides is 1. The van der Waals surface area contributed by atoms with Crippen LogP contribution in [0.15, 0.2) is 18.2 Å². The first-order valence-corrected chi connectivity index (χ1v) is 6.82. The van der Waals surface area contributed by atoms with E-state index in [1.165, 1.54) is 6.07 Å². The summed E-state index contributed by atoms with van der Waals surface area (Å²) < 4.78 is 0. The van der Waals surface area contributed by atoms with Crippen molar-refractivity contribution in [1.29, 1.82) is 0 Å². The number of carbonyl (C=O) groups is 1. The summed E-state index contributed by atoms with van der Waals surface area (Å²) in [7, 11) is 0. The van der Waals surface area contributed by atoms with Gasteiger partial charge in [0.25, 0.3) is 5.69 Å². The van der Waals surface area contributed by atoms with Gasteiger partial charge in [0.15, 0.2) is 0 Å². The fraction of sp³-hybridized carbons (Fsp3) is 0.500. The third-order valence-corrected chi connectivity index (χ3v) is 3.56. The molecule has 1 unspecified atom stereocenters. The Balaban J connectivity index is 1.96. The Morgan fingerprint density at radius 3 is 3.00 bits per heavy atom. The SMILES string of the molecule is Cc1ccc(NC(=O)CC2CCCNC2)cc1[N+](=O)[O-]. The monoisotopic (exact) mass is 277 g/mol. The number of benzene rings is 1. The normalized spacial score (nSPS) is 18.6. The molecule has 1 aliphatic rings. The molecule has 0 radical (unpaired) electrons. The van der Waals surface area contributed by atoms with Gasteiger partial charge in [0.2, 0.25) is 5.91 Å². The van der Waals surface area contributed by atoms with E-state index in [1.807, 2.05) is 0 Å². The number of nitro benzene ring substituents is 1. The zero-order valence-electron chi connectivity index (χ0n) is 11.5. The summed E-state index contributed by atoms with van der Waals surface area (Å²) in [5.74, 6) is 0.265. The summed E-state index contributed by atoms with van der Waals surface area (Å²) in [6.07, 6.45) is 2.59. The summed E-state index contributed by atoms with van der Waals surface area (Å²) >= 11 is 0. The summed E-state index contributed by atoms with van der Waals surface area (Å²) in [6, 6.07) is 4.75. The van der Waals surface area contributed by atoms with E-state index in [0.29, 0.717) is 23.6 Å². The van der Waals surface area contributed by atoms with Crippen molar-refractivity contribution in [3.8, 4) is 0 Å². The van der Waals surface area contributed by atoms with Gasteiger partial charge in [0, 0.05) is 23.7 Å². The lowest BCUT2D eigenvalue weighted by atomic mass is 9.96. The number of nitrogens with one attached hydrogen (secondary N) is 2. The maximum absolute atomic E-state index is 11.9. The maximum atomic E-state index is 11.9. The number of nitro groups is 1. The van der Waals surface area contributed by atoms with Crippen molar-refractivity contribution in [3.63, 3.8) is 0 Å². The van der Waals surface area contributed by atoms with Gasteiger partial charge in [0.05, 0.1) is 4.92 Å². The van der Waals surface area contributed by atoms with E-state index in [2.05, 4.69) is 10.6 Å². The zero-order valence-corrected chi connectivity index (χ0v) is 11.5. The van der Waals surface area contributed by atoms with Crippen molar-refractivity contribution in [1.82, 2.24) is 5.32 Å². The van der Waals surface area contributed by atoms with Crippen LogP contribution in [0.3, 0.4) is 0 Å². The van der Waals surface area contributed by atoms with Gasteiger partial charge < -0.3 is 10.6 Å². The number of piperidine rings is 1. The average molecular weight is 277 g/mol. The second kappa shape index (κ2) is 6.47. The molecule has 0 spiro atoms. The van der Waals surface area contributed by atoms with Crippen LogP contribution in [0.25, 0.3) is 0 Å². The van der Waals surface area contributed by atoms with E-state index < -0.39 is 4.92 Å². The maximum Gasteiger partial charge on any atom is 0.274 e. The molecule has 2 N–H and O–H groups in total. The van der Waals surface area contributed by atoms with E-state index in [9.17, 15) is 14.9 Å². The quantitative estimate of drug-likeness (QED) is 0.653. The molecular weight excluding hydrogens is 258 g/mol. The first-order valence-electron chi connectivity index (χ1n) is 6.82. The fourth-order valence-electron chi connectivity index (χ4n) is 2.46. The van der Waals surface area contributed by atoms with Crippen LogP contribution < -0.4 is 10.6 Å². The highest BCUT2D eigenvalue weighted by Gasteiger charge is 2.17. The molecule has 2 rings (SSSR count). The van der Waals surface area contributed by atoms with Crippen LogP contribution in [0, 0.1) is 23.0 Å². The van der Waals surface area contributed by atoms with E-state index in [4.69, 9.17) is 0 Å². The molecule has 108 valence electrons. The van der Waals surface area contributed by atoms with E-state index >= 15 is 0 Å². The fourth-order valence-corrected chi connectivity index (χ4v) is 2.46. The molecule has 1 fully saturated rings. The van der Waals surface area contributed by atoms with Crippen LogP contribution in [-0.2, 0) is 4.79 Å². The Morgan fingerprint density at radius 1 is 1.55 bits per heavy atom. The second-order valence-electron chi connectivity index (χ2n) is 5.22. The first-order chi connectivity index (χ1) is 9.56. The van der Waals surface area contributed by atoms with Crippen molar-refractivity contribution in [2.24, 2.45) is 5.92 Å². The summed E-state index contributed by atoms with van der Waals surface area (Å²) in [4.78, 5) is 22.4. The van der Waals surface area contributed by atoms with E-state index in [1.54, 1.807) is 19.1 Å². The molecule has 1 aromatic carbocycles. The summed E-state index contributed by atoms with van der Waals surface area (Å²) in [6.45, 7) is 3.56. The number of hydrogen-bond acceptors (Lipinski definition) is 4. The van der Waals surface area contributed by atoms with Crippen LogP contribution in [0.2, 0.25) is 0 Å². The third-order valence-electron chi connectivity index (χ3n) is 3.56. The molecule has 1 heterocycles. The highest BCUT2D eigenvalue weighted by Crippen LogP contribution is 2.23. The number of nitrogens with zero attached hydrogens (tertiary/aromatic N) is 1. The van der Waals surface area contributed by atoms with Crippen molar-refractivity contribution in [3.05, 3.63) is 33.9 Å². The lowest BCUT2D eigenvalue weighted by Gasteiger charge is -2.22. The zero-order chi connectivity index (χ0) is 14.5. The van der Waals surface area contributed by atoms with Crippen LogP contribution in [-0.4, -0.2) is 23.9 Å². The first kappa shape index (κ1) is 14.5. The lowest BCUT2D eigenvalue weighted by molar-refractivity contribution is -0.385. The number of aryl methyl sites for hydroxylation is 1. The van der Waals surface area contributed by atoms with Crippen molar-refractivity contribution in [2.75, 3.05) is 18.4 Å². The van der Waals surface area contributed by atoms with Gasteiger partial charge in [-0.1, -0.05) is 6.07 Å². The Morgan fingerprint density at radius 2 is 2.35 bits per heavy atom. The van der Waals surface area contributed by atoms with E-state index in [0.717, 1.165) is 25.9 Å². The minimum Gasteiger partial charge on any atom is -0.326 e. The largest absolute Gasteiger partial charge is 0.326 e. The Labute approximate surface area is 117 Å². The average Bonchev–Trinajstić information content (AvgIpc) is 2.41. The summed E-state index contributed by atoms with van der Waals surface area (Å²) in [5.41, 5.74) is 1.10. The predicted molar refractivity (Wildman–Crippen MR) is 76.7 cm³/mol. The Bertz CT molecular complexity index is 510. The lowest BCUT2D eigenvalue weighted by Crippen LogP contribution is -2.32. The molecular formula is C14H19N3O3. The summed E-state index contributed by atoms with van der Waals surface area (Å²) in [5, 5.41) is 16.9. The molecule has 0 saturated carbocycles. The molecule has 1 aliphatic heterocycles. The number of anilines is 1. The smallest absolute Gasteiger partial charge is 0.274 e. The van der Waals surface area contributed by atoms with Gasteiger partial charge in [-0.2, -0.15) is 0 Å². The van der Waals surface area contributed by atoms with Gasteiger partial charge in [-0.15, -0.1) is 0 Å². The van der Waals surface area contributed by atoms with Crippen LogP contribution in [0.1, 0.15) is 24.8 Å². The number of carbonyl (C=O) groups excluding carboxylic acids is 1. The molecule has 1 aromatic rings. The van der Waals surface area contributed by atoms with Crippen molar-refractivity contribution in [2.45, 2.75) is 26.2 Å². The van der Waals surface area contributed by atoms with Crippen molar-refractivity contribution < 1.29 is 9.72 Å². The van der Waals surface area contributed by atoms with Crippen LogP contribution in [0.5, 0.6) is 0 Å². The minimum absolute atomic E-state index is 0.0298. The highest BCUT2D eigenvalue weighted by atomic mass is 16.6. The van der Waals surface area contributed by atoms with Crippen molar-refractivity contribution >= 4 is 17.3 Å². The van der Waals surface area contributed by atoms with Gasteiger partial charge in [0.1, 0.15) is 0 Å². The molecule has 0 aliphatic carbocycles. The van der Waals surface area contributed by atoms with E-state index in [-0.39, 0.29) is 11.6 Å².